The summed E-state index contributed by atoms with van der Waals surface area (Å²) < 4.78 is 5.20. The third-order valence-corrected chi connectivity index (χ3v) is 5.49. The lowest BCUT2D eigenvalue weighted by Gasteiger charge is -2.17. The predicted octanol–water partition coefficient (Wildman–Crippen LogP) is 2.65. The fraction of sp³-hybridized carbons (Fsp3) is 0.300. The van der Waals surface area contributed by atoms with Crippen LogP contribution in [0.25, 0.3) is 10.7 Å². The van der Waals surface area contributed by atoms with Crippen molar-refractivity contribution in [2.45, 2.75) is 31.8 Å². The number of likely N-dealkylation sites (tertiary alicyclic amines) is 1. The fourth-order valence-corrected chi connectivity index (χ4v) is 3.83. The molecule has 1 atom stereocenters. The summed E-state index contributed by atoms with van der Waals surface area (Å²) >= 11 is 1.53. The van der Waals surface area contributed by atoms with Gasteiger partial charge < -0.3 is 14.7 Å². The van der Waals surface area contributed by atoms with Gasteiger partial charge >= 0.3 is 0 Å². The van der Waals surface area contributed by atoms with Gasteiger partial charge in [0.05, 0.1) is 4.88 Å². The van der Waals surface area contributed by atoms with Crippen LogP contribution in [0, 0.1) is 0 Å². The average Bonchev–Trinajstić information content (AvgIpc) is 3.45. The number of carbonyl (C=O) groups excluding carboxylic acids is 2. The number of nitrogens with one attached hydrogen (secondary N) is 1. The van der Waals surface area contributed by atoms with E-state index in [2.05, 4.69) is 15.5 Å². The molecule has 0 saturated carbocycles. The number of aromatic nitrogens is 2. The smallest absolute Gasteiger partial charge is 0.245 e. The number of nitrogens with zero attached hydrogens (tertiary/aromatic N) is 3. The first-order valence-electron chi connectivity index (χ1n) is 9.17. The van der Waals surface area contributed by atoms with Gasteiger partial charge in [0.25, 0.3) is 0 Å². The molecule has 2 amide bonds. The van der Waals surface area contributed by atoms with Gasteiger partial charge in [-0.1, -0.05) is 41.6 Å². The van der Waals surface area contributed by atoms with Crippen LogP contribution in [0.15, 0.2) is 52.4 Å². The van der Waals surface area contributed by atoms with Crippen molar-refractivity contribution in [3.8, 4) is 10.7 Å². The van der Waals surface area contributed by atoms with Gasteiger partial charge in [0.1, 0.15) is 6.04 Å². The molecule has 28 heavy (non-hydrogen) atoms. The molecule has 1 unspecified atom stereocenters. The van der Waals surface area contributed by atoms with Crippen molar-refractivity contribution in [2.24, 2.45) is 0 Å². The van der Waals surface area contributed by atoms with E-state index in [-0.39, 0.29) is 18.2 Å². The number of thiophene rings is 1. The third kappa shape index (κ3) is 4.28. The van der Waals surface area contributed by atoms with Crippen LogP contribution in [0.3, 0.4) is 0 Å². The van der Waals surface area contributed by atoms with E-state index in [1.54, 1.807) is 4.90 Å². The Morgan fingerprint density at radius 1 is 1.25 bits per heavy atom. The molecule has 0 aliphatic carbocycles. The molecule has 1 fully saturated rings. The van der Waals surface area contributed by atoms with Crippen LogP contribution >= 0.6 is 11.3 Å². The largest absolute Gasteiger partial charge is 0.344 e. The Morgan fingerprint density at radius 3 is 2.89 bits per heavy atom. The number of amides is 2. The Balaban J connectivity index is 1.25. The van der Waals surface area contributed by atoms with E-state index < -0.39 is 6.04 Å². The van der Waals surface area contributed by atoms with Gasteiger partial charge in [0, 0.05) is 25.9 Å². The van der Waals surface area contributed by atoms with E-state index in [4.69, 9.17) is 4.52 Å². The first-order valence-corrected chi connectivity index (χ1v) is 10.1. The zero-order valence-electron chi connectivity index (χ0n) is 15.2. The molecular weight excluding hydrogens is 376 g/mol. The Labute approximate surface area is 166 Å². The molecular formula is C20H20N4O3S. The van der Waals surface area contributed by atoms with Gasteiger partial charge in [-0.05, 0) is 23.4 Å². The van der Waals surface area contributed by atoms with Crippen LogP contribution < -0.4 is 5.32 Å². The highest BCUT2D eigenvalue weighted by molar-refractivity contribution is 7.13. The number of benzene rings is 1. The van der Waals surface area contributed by atoms with Crippen molar-refractivity contribution >= 4 is 23.2 Å². The van der Waals surface area contributed by atoms with E-state index in [0.717, 1.165) is 10.4 Å². The molecule has 0 spiro atoms. The number of hydrogen-bond donors (Lipinski definition) is 1. The number of aryl methyl sites for hydroxylation is 1. The number of carbonyl (C=O) groups is 2. The highest BCUT2D eigenvalue weighted by atomic mass is 32.1. The first-order chi connectivity index (χ1) is 13.7. The highest BCUT2D eigenvalue weighted by Gasteiger charge is 2.32. The lowest BCUT2D eigenvalue weighted by atomic mass is 10.2. The van der Waals surface area contributed by atoms with E-state index in [1.807, 2.05) is 47.8 Å². The second-order valence-corrected chi connectivity index (χ2v) is 7.59. The molecule has 0 bridgehead atoms. The minimum absolute atomic E-state index is 0.0324. The quantitative estimate of drug-likeness (QED) is 0.663. The molecule has 1 N–H and O–H groups in total. The molecule has 4 rings (SSSR count). The molecule has 3 heterocycles. The van der Waals surface area contributed by atoms with Crippen molar-refractivity contribution in [3.63, 3.8) is 0 Å². The Morgan fingerprint density at radius 2 is 2.11 bits per heavy atom. The SMILES string of the molecule is O=C(CCc1nc(-c2cccs2)no1)NC1CCN(Cc2ccccc2)C1=O. The second-order valence-electron chi connectivity index (χ2n) is 6.64. The summed E-state index contributed by atoms with van der Waals surface area (Å²) in [6.07, 6.45) is 1.17. The first kappa shape index (κ1) is 18.4. The zero-order chi connectivity index (χ0) is 19.3. The molecule has 0 radical (unpaired) electrons. The third-order valence-electron chi connectivity index (χ3n) is 4.62. The predicted molar refractivity (Wildman–Crippen MR) is 104 cm³/mol. The van der Waals surface area contributed by atoms with Crippen molar-refractivity contribution in [3.05, 3.63) is 59.3 Å². The van der Waals surface area contributed by atoms with Crippen LogP contribution in [0.1, 0.15) is 24.3 Å². The normalized spacial score (nSPS) is 16.5. The van der Waals surface area contributed by atoms with Crippen LogP contribution in [0.2, 0.25) is 0 Å². The Kier molecular flexibility index (Phi) is 5.48. The Bertz CT molecular complexity index is 940. The maximum Gasteiger partial charge on any atom is 0.245 e. The van der Waals surface area contributed by atoms with Gasteiger partial charge in [-0.15, -0.1) is 11.3 Å². The van der Waals surface area contributed by atoms with Gasteiger partial charge in [-0.2, -0.15) is 4.98 Å². The van der Waals surface area contributed by atoms with Crippen LogP contribution in [0.5, 0.6) is 0 Å². The summed E-state index contributed by atoms with van der Waals surface area (Å²) in [4.78, 5) is 31.8. The van der Waals surface area contributed by atoms with Gasteiger partial charge in [0.15, 0.2) is 0 Å². The summed E-state index contributed by atoms with van der Waals surface area (Å²) in [5, 5.41) is 8.71. The van der Waals surface area contributed by atoms with E-state index >= 15 is 0 Å². The lowest BCUT2D eigenvalue weighted by molar-refractivity contribution is -0.133. The zero-order valence-corrected chi connectivity index (χ0v) is 16.0. The Hall–Kier alpha value is -3.00. The number of hydrogen-bond acceptors (Lipinski definition) is 6. The van der Waals surface area contributed by atoms with E-state index in [9.17, 15) is 9.59 Å². The van der Waals surface area contributed by atoms with E-state index in [1.165, 1.54) is 11.3 Å². The summed E-state index contributed by atoms with van der Waals surface area (Å²) in [6, 6.07) is 13.2. The molecule has 1 aromatic carbocycles. The minimum atomic E-state index is -0.458. The molecule has 2 aromatic heterocycles. The number of rotatable bonds is 7. The van der Waals surface area contributed by atoms with Crippen LogP contribution in [0.4, 0.5) is 0 Å². The molecule has 1 aliphatic rings. The monoisotopic (exact) mass is 396 g/mol. The van der Waals surface area contributed by atoms with Crippen LogP contribution in [-0.2, 0) is 22.6 Å². The molecule has 8 heteroatoms. The molecule has 1 saturated heterocycles. The maximum atomic E-state index is 12.5. The lowest BCUT2D eigenvalue weighted by Crippen LogP contribution is -2.41. The van der Waals surface area contributed by atoms with Crippen LogP contribution in [-0.4, -0.2) is 39.4 Å². The summed E-state index contributed by atoms with van der Waals surface area (Å²) in [6.45, 7) is 1.21. The van der Waals surface area contributed by atoms with Crippen molar-refractivity contribution in [2.75, 3.05) is 6.54 Å². The summed E-state index contributed by atoms with van der Waals surface area (Å²) in [5.41, 5.74) is 1.08. The molecule has 7 nitrogen and oxygen atoms in total. The minimum Gasteiger partial charge on any atom is -0.344 e. The summed E-state index contributed by atoms with van der Waals surface area (Å²) in [5.74, 6) is 0.737. The second kappa shape index (κ2) is 8.35. The standard InChI is InChI=1S/C20H20N4O3S/c25-17(8-9-18-22-19(23-27-18)16-7-4-12-28-16)21-15-10-11-24(20(15)26)13-14-5-2-1-3-6-14/h1-7,12,15H,8-11,13H2,(H,21,25). The highest BCUT2D eigenvalue weighted by Crippen LogP contribution is 2.21. The maximum absolute atomic E-state index is 12.5. The average molecular weight is 396 g/mol. The van der Waals surface area contributed by atoms with Crippen molar-refractivity contribution < 1.29 is 14.1 Å². The molecule has 144 valence electrons. The molecule has 3 aromatic rings. The van der Waals surface area contributed by atoms with Gasteiger partial charge in [0.2, 0.25) is 23.5 Å². The van der Waals surface area contributed by atoms with Gasteiger partial charge in [-0.3, -0.25) is 9.59 Å². The van der Waals surface area contributed by atoms with Crippen molar-refractivity contribution in [1.29, 1.82) is 0 Å². The summed E-state index contributed by atoms with van der Waals surface area (Å²) in [7, 11) is 0. The van der Waals surface area contributed by atoms with E-state index in [0.29, 0.717) is 37.6 Å². The topological polar surface area (TPSA) is 88.3 Å². The van der Waals surface area contributed by atoms with Gasteiger partial charge in [-0.25, -0.2) is 0 Å². The molecule has 1 aliphatic heterocycles. The van der Waals surface area contributed by atoms with Crippen molar-refractivity contribution in [1.82, 2.24) is 20.4 Å². The fourth-order valence-electron chi connectivity index (χ4n) is 3.18.